The highest BCUT2D eigenvalue weighted by molar-refractivity contribution is 5.80. The van der Waals surface area contributed by atoms with E-state index in [-0.39, 0.29) is 0 Å². The van der Waals surface area contributed by atoms with E-state index in [9.17, 15) is 0 Å². The van der Waals surface area contributed by atoms with Crippen LogP contribution in [0.5, 0.6) is 0 Å². The fraction of sp³-hybridized carbons (Fsp3) is 0.0769. The maximum Gasteiger partial charge on any atom is 0.143 e. The highest BCUT2D eigenvalue weighted by Gasteiger charge is 2.18. The summed E-state index contributed by atoms with van der Waals surface area (Å²) in [5.41, 5.74) is 9.03. The van der Waals surface area contributed by atoms with Gasteiger partial charge in [0.15, 0.2) is 0 Å². The Morgan fingerprint density at radius 2 is 2.00 bits per heavy atom. The van der Waals surface area contributed by atoms with Gasteiger partial charge in [0.05, 0.1) is 5.56 Å². The van der Waals surface area contributed by atoms with Gasteiger partial charge in [-0.2, -0.15) is 5.10 Å². The Kier molecular flexibility index (Phi) is 2.37. The minimum Gasteiger partial charge on any atom is -0.384 e. The van der Waals surface area contributed by atoms with Crippen LogP contribution in [0.4, 0.5) is 5.82 Å². The summed E-state index contributed by atoms with van der Waals surface area (Å²) in [7, 11) is 0. The van der Waals surface area contributed by atoms with Crippen LogP contribution in [0.25, 0.3) is 22.5 Å². The number of aromatic nitrogens is 3. The Balaban J connectivity index is 2.18. The third-order valence-electron chi connectivity index (χ3n) is 2.76. The van der Waals surface area contributed by atoms with Gasteiger partial charge in [-0.05, 0) is 6.92 Å². The Hall–Kier alpha value is -2.56. The molecule has 0 fully saturated rings. The fourth-order valence-electron chi connectivity index (χ4n) is 1.93. The SMILES string of the molecule is Cc1onc(-c2ccccc2)c1-c1cc(N)[nH]n1. The first-order valence-electron chi connectivity index (χ1n) is 5.58. The number of nitrogen functional groups attached to an aromatic ring is 1. The van der Waals surface area contributed by atoms with E-state index in [1.807, 2.05) is 37.3 Å². The second kappa shape index (κ2) is 4.03. The largest absolute Gasteiger partial charge is 0.384 e. The Labute approximate surface area is 104 Å². The molecule has 0 aliphatic rings. The number of anilines is 1. The Morgan fingerprint density at radius 1 is 1.22 bits per heavy atom. The van der Waals surface area contributed by atoms with E-state index in [0.717, 1.165) is 28.3 Å². The first-order chi connectivity index (χ1) is 8.75. The molecule has 0 aliphatic carbocycles. The lowest BCUT2D eigenvalue weighted by molar-refractivity contribution is 0.400. The molecule has 0 radical (unpaired) electrons. The lowest BCUT2D eigenvalue weighted by Gasteiger charge is -1.98. The number of nitrogens with zero attached hydrogens (tertiary/aromatic N) is 2. The smallest absolute Gasteiger partial charge is 0.143 e. The van der Waals surface area contributed by atoms with Crippen LogP contribution in [0, 0.1) is 6.92 Å². The lowest BCUT2D eigenvalue weighted by Crippen LogP contribution is -1.84. The van der Waals surface area contributed by atoms with Gasteiger partial charge in [0.1, 0.15) is 23.0 Å². The monoisotopic (exact) mass is 240 g/mol. The van der Waals surface area contributed by atoms with Gasteiger partial charge >= 0.3 is 0 Å². The zero-order valence-corrected chi connectivity index (χ0v) is 9.84. The van der Waals surface area contributed by atoms with Gasteiger partial charge in [0.2, 0.25) is 0 Å². The van der Waals surface area contributed by atoms with Crippen molar-refractivity contribution in [2.24, 2.45) is 0 Å². The molecule has 0 aliphatic heterocycles. The van der Waals surface area contributed by atoms with E-state index in [4.69, 9.17) is 10.3 Å². The molecule has 0 saturated carbocycles. The second-order valence-corrected chi connectivity index (χ2v) is 4.04. The van der Waals surface area contributed by atoms with Crippen LogP contribution < -0.4 is 5.73 Å². The van der Waals surface area contributed by atoms with Crippen LogP contribution in [0.15, 0.2) is 40.9 Å². The molecular formula is C13H12N4O. The molecular weight excluding hydrogens is 228 g/mol. The number of aryl methyl sites for hydroxylation is 1. The van der Waals surface area contributed by atoms with Crippen LogP contribution in [-0.4, -0.2) is 15.4 Å². The number of rotatable bonds is 2. The van der Waals surface area contributed by atoms with E-state index < -0.39 is 0 Å². The zero-order chi connectivity index (χ0) is 12.5. The van der Waals surface area contributed by atoms with E-state index >= 15 is 0 Å². The van der Waals surface area contributed by atoms with Crippen molar-refractivity contribution < 1.29 is 4.52 Å². The van der Waals surface area contributed by atoms with Crippen LogP contribution >= 0.6 is 0 Å². The molecule has 0 saturated heterocycles. The number of nitrogens with one attached hydrogen (secondary N) is 1. The molecule has 0 atom stereocenters. The van der Waals surface area contributed by atoms with Gasteiger partial charge in [-0.25, -0.2) is 0 Å². The summed E-state index contributed by atoms with van der Waals surface area (Å²) in [6.45, 7) is 1.86. The topological polar surface area (TPSA) is 80.7 Å². The molecule has 0 unspecified atom stereocenters. The normalized spacial score (nSPS) is 10.7. The van der Waals surface area contributed by atoms with Crippen molar-refractivity contribution in [1.82, 2.24) is 15.4 Å². The molecule has 90 valence electrons. The molecule has 0 spiro atoms. The van der Waals surface area contributed by atoms with Crippen molar-refractivity contribution in [2.45, 2.75) is 6.92 Å². The molecule has 3 rings (SSSR count). The zero-order valence-electron chi connectivity index (χ0n) is 9.84. The average Bonchev–Trinajstić information content (AvgIpc) is 2.96. The van der Waals surface area contributed by atoms with Crippen LogP contribution in [0.1, 0.15) is 5.76 Å². The molecule has 1 aromatic carbocycles. The van der Waals surface area contributed by atoms with E-state index in [1.165, 1.54) is 0 Å². The minimum absolute atomic E-state index is 0.518. The molecule has 3 N–H and O–H groups in total. The standard InChI is InChI=1S/C13H12N4O/c1-8-12(10-7-11(14)16-15-10)13(17-18-8)9-5-3-2-4-6-9/h2-7H,1H3,(H3,14,15,16). The first kappa shape index (κ1) is 10.6. The number of H-pyrrole nitrogens is 1. The summed E-state index contributed by atoms with van der Waals surface area (Å²) < 4.78 is 5.27. The third kappa shape index (κ3) is 1.66. The summed E-state index contributed by atoms with van der Waals surface area (Å²) >= 11 is 0. The lowest BCUT2D eigenvalue weighted by atomic mass is 10.0. The van der Waals surface area contributed by atoms with Crippen molar-refractivity contribution in [3.05, 3.63) is 42.2 Å². The van der Waals surface area contributed by atoms with Gasteiger partial charge in [0, 0.05) is 11.6 Å². The summed E-state index contributed by atoms with van der Waals surface area (Å²) in [4.78, 5) is 0. The van der Waals surface area contributed by atoms with Gasteiger partial charge in [0.25, 0.3) is 0 Å². The second-order valence-electron chi connectivity index (χ2n) is 4.04. The highest BCUT2D eigenvalue weighted by atomic mass is 16.5. The third-order valence-corrected chi connectivity index (χ3v) is 2.76. The Morgan fingerprint density at radius 3 is 2.67 bits per heavy atom. The van der Waals surface area contributed by atoms with Crippen molar-refractivity contribution in [3.63, 3.8) is 0 Å². The number of aromatic amines is 1. The quantitative estimate of drug-likeness (QED) is 0.721. The predicted molar refractivity (Wildman–Crippen MR) is 68.7 cm³/mol. The number of hydrogen-bond donors (Lipinski definition) is 2. The predicted octanol–water partition coefficient (Wildman–Crippen LogP) is 2.62. The van der Waals surface area contributed by atoms with E-state index in [1.54, 1.807) is 6.07 Å². The maximum atomic E-state index is 5.65. The van der Waals surface area contributed by atoms with Gasteiger partial charge < -0.3 is 10.3 Å². The molecule has 2 heterocycles. The molecule has 0 bridgehead atoms. The summed E-state index contributed by atoms with van der Waals surface area (Å²) in [5, 5.41) is 11.0. The van der Waals surface area contributed by atoms with E-state index in [2.05, 4.69) is 15.4 Å². The van der Waals surface area contributed by atoms with Crippen molar-refractivity contribution in [2.75, 3.05) is 5.73 Å². The van der Waals surface area contributed by atoms with Crippen LogP contribution in [0.2, 0.25) is 0 Å². The number of hydrogen-bond acceptors (Lipinski definition) is 4. The minimum atomic E-state index is 0.518. The summed E-state index contributed by atoms with van der Waals surface area (Å²) in [6, 6.07) is 11.6. The molecule has 2 aromatic heterocycles. The van der Waals surface area contributed by atoms with Gasteiger partial charge in [-0.15, -0.1) is 0 Å². The van der Waals surface area contributed by atoms with Crippen molar-refractivity contribution in [1.29, 1.82) is 0 Å². The van der Waals surface area contributed by atoms with Gasteiger partial charge in [-0.1, -0.05) is 35.5 Å². The summed E-state index contributed by atoms with van der Waals surface area (Å²) in [5.74, 6) is 1.24. The molecule has 5 heteroatoms. The average molecular weight is 240 g/mol. The number of nitrogens with two attached hydrogens (primary N) is 1. The first-order valence-corrected chi connectivity index (χ1v) is 5.58. The van der Waals surface area contributed by atoms with Crippen LogP contribution in [0.3, 0.4) is 0 Å². The van der Waals surface area contributed by atoms with E-state index in [0.29, 0.717) is 5.82 Å². The number of benzene rings is 1. The van der Waals surface area contributed by atoms with Gasteiger partial charge in [-0.3, -0.25) is 5.10 Å². The van der Waals surface area contributed by atoms with Crippen molar-refractivity contribution >= 4 is 5.82 Å². The van der Waals surface area contributed by atoms with Crippen LogP contribution in [-0.2, 0) is 0 Å². The summed E-state index contributed by atoms with van der Waals surface area (Å²) in [6.07, 6.45) is 0. The highest BCUT2D eigenvalue weighted by Crippen LogP contribution is 2.33. The Bertz CT molecular complexity index is 669. The molecule has 0 amide bonds. The molecule has 5 nitrogen and oxygen atoms in total. The van der Waals surface area contributed by atoms with Crippen molar-refractivity contribution in [3.8, 4) is 22.5 Å². The molecule has 3 aromatic rings. The fourth-order valence-corrected chi connectivity index (χ4v) is 1.93. The molecule has 18 heavy (non-hydrogen) atoms. The maximum absolute atomic E-state index is 5.65.